The first-order chi connectivity index (χ1) is 18.8. The molecule has 0 saturated heterocycles. The number of hydrogen-bond acceptors (Lipinski definition) is 8. The van der Waals surface area contributed by atoms with Gasteiger partial charge in [0.15, 0.2) is 0 Å². The standard InChI is InChI=1S/C31H48N2O6S/c1-6-29(4)13-23(30(5)16(2)7-9-31(17(3)28(29)38)10-8-21(34)27(30)31)39-25(36)15-40-22-12-18-19(26(22)37)11-20(18)33-24(35)14-32/h6,16-20,22-23,26-28,37-38H,1,7-15,32H2,2-5H3,(H,33,35)/t16?,17-,18+,19+,20-,22-,23+,26-,27-,28?,29+,30-,31?/m0/s1. The third kappa shape index (κ3) is 4.49. The average Bonchev–Trinajstić information content (AvgIpc) is 3.40. The van der Waals surface area contributed by atoms with Gasteiger partial charge in [-0.1, -0.05) is 33.8 Å². The van der Waals surface area contributed by atoms with Crippen LogP contribution in [0, 0.1) is 45.8 Å². The summed E-state index contributed by atoms with van der Waals surface area (Å²) < 4.78 is 6.35. The van der Waals surface area contributed by atoms with Crippen LogP contribution in [-0.4, -0.2) is 69.8 Å². The Morgan fingerprint density at radius 2 is 1.93 bits per heavy atom. The van der Waals surface area contributed by atoms with Gasteiger partial charge in [-0.2, -0.15) is 0 Å². The van der Waals surface area contributed by atoms with E-state index in [4.69, 9.17) is 10.5 Å². The first kappa shape index (κ1) is 30.1. The summed E-state index contributed by atoms with van der Waals surface area (Å²) in [6, 6.07) is 0.0329. The summed E-state index contributed by atoms with van der Waals surface area (Å²) in [6.07, 6.45) is 5.06. The first-order valence-corrected chi connectivity index (χ1v) is 16.2. The molecule has 0 radical (unpaired) electrons. The Morgan fingerprint density at radius 1 is 1.20 bits per heavy atom. The zero-order chi connectivity index (χ0) is 29.2. The minimum atomic E-state index is -0.691. The number of esters is 1. The molecule has 5 saturated carbocycles. The van der Waals surface area contributed by atoms with Crippen molar-refractivity contribution in [3.8, 4) is 0 Å². The topological polar surface area (TPSA) is 139 Å². The Balaban J connectivity index is 1.33. The minimum absolute atomic E-state index is 0.0329. The van der Waals surface area contributed by atoms with Gasteiger partial charge in [0.05, 0.1) is 24.5 Å². The van der Waals surface area contributed by atoms with Crippen LogP contribution in [-0.2, 0) is 19.1 Å². The fourth-order valence-electron chi connectivity index (χ4n) is 9.63. The van der Waals surface area contributed by atoms with Crippen molar-refractivity contribution in [1.82, 2.24) is 5.32 Å². The van der Waals surface area contributed by atoms with Gasteiger partial charge in [-0.25, -0.2) is 0 Å². The maximum atomic E-state index is 13.6. The lowest BCUT2D eigenvalue weighted by atomic mass is 9.44. The van der Waals surface area contributed by atoms with Crippen molar-refractivity contribution < 1.29 is 29.3 Å². The van der Waals surface area contributed by atoms with Gasteiger partial charge in [0.25, 0.3) is 0 Å². The largest absolute Gasteiger partial charge is 0.461 e. The second kappa shape index (κ2) is 10.7. The number of aliphatic hydroxyl groups excluding tert-OH is 2. The van der Waals surface area contributed by atoms with E-state index >= 15 is 0 Å². The van der Waals surface area contributed by atoms with Gasteiger partial charge in [0, 0.05) is 34.5 Å². The fourth-order valence-corrected chi connectivity index (χ4v) is 10.8. The highest BCUT2D eigenvalue weighted by Gasteiger charge is 2.68. The predicted octanol–water partition coefficient (Wildman–Crippen LogP) is 2.84. The molecule has 3 unspecified atom stereocenters. The van der Waals surface area contributed by atoms with Crippen LogP contribution in [0.3, 0.4) is 0 Å². The third-order valence-electron chi connectivity index (χ3n) is 12.4. The molecule has 8 nitrogen and oxygen atoms in total. The van der Waals surface area contributed by atoms with E-state index in [9.17, 15) is 24.6 Å². The van der Waals surface area contributed by atoms with Crippen molar-refractivity contribution >= 4 is 29.4 Å². The highest BCUT2D eigenvalue weighted by Crippen LogP contribution is 2.68. The molecule has 0 spiro atoms. The number of nitrogens with two attached hydrogens (primary N) is 1. The van der Waals surface area contributed by atoms with E-state index in [1.807, 2.05) is 13.0 Å². The number of thioether (sulfide) groups is 1. The molecule has 5 fully saturated rings. The van der Waals surface area contributed by atoms with Gasteiger partial charge in [-0.15, -0.1) is 18.3 Å². The summed E-state index contributed by atoms with van der Waals surface area (Å²) >= 11 is 1.42. The van der Waals surface area contributed by atoms with E-state index in [2.05, 4.69) is 32.7 Å². The molecule has 9 heteroatoms. The van der Waals surface area contributed by atoms with E-state index < -0.39 is 29.1 Å². The van der Waals surface area contributed by atoms with Crippen molar-refractivity contribution in [1.29, 1.82) is 0 Å². The Hall–Kier alpha value is -1.42. The maximum absolute atomic E-state index is 13.6. The van der Waals surface area contributed by atoms with Crippen LogP contribution in [0.25, 0.3) is 0 Å². The Morgan fingerprint density at radius 3 is 2.60 bits per heavy atom. The summed E-state index contributed by atoms with van der Waals surface area (Å²) in [5.41, 5.74) is 3.94. The highest BCUT2D eigenvalue weighted by atomic mass is 32.2. The molecule has 13 atom stereocenters. The smallest absolute Gasteiger partial charge is 0.316 e. The molecule has 0 aliphatic heterocycles. The van der Waals surface area contributed by atoms with E-state index in [0.717, 1.165) is 32.1 Å². The quantitative estimate of drug-likeness (QED) is 0.268. The molecule has 0 aromatic carbocycles. The van der Waals surface area contributed by atoms with E-state index in [-0.39, 0.29) is 76.3 Å². The molecule has 5 aliphatic rings. The maximum Gasteiger partial charge on any atom is 0.316 e. The number of ketones is 1. The fraction of sp³-hybridized carbons (Fsp3) is 0.839. The van der Waals surface area contributed by atoms with Crippen molar-refractivity contribution in [3.63, 3.8) is 0 Å². The van der Waals surface area contributed by atoms with Crippen molar-refractivity contribution in [2.75, 3.05) is 12.3 Å². The number of nitrogens with one attached hydrogen (secondary N) is 1. The molecule has 5 rings (SSSR count). The van der Waals surface area contributed by atoms with Crippen LogP contribution in [0.4, 0.5) is 0 Å². The lowest BCUT2D eigenvalue weighted by molar-refractivity contribution is -0.205. The summed E-state index contributed by atoms with van der Waals surface area (Å²) in [5, 5.41) is 25.4. The summed E-state index contributed by atoms with van der Waals surface area (Å²) in [4.78, 5) is 38.7. The third-order valence-corrected chi connectivity index (χ3v) is 13.7. The number of hydrogen-bond donors (Lipinski definition) is 4. The van der Waals surface area contributed by atoms with E-state index in [1.54, 1.807) is 0 Å². The van der Waals surface area contributed by atoms with Crippen molar-refractivity contribution in [3.05, 3.63) is 12.7 Å². The molecule has 0 aromatic heterocycles. The molecular formula is C31H48N2O6S. The number of rotatable bonds is 7. The van der Waals surface area contributed by atoms with Gasteiger partial charge in [-0.3, -0.25) is 14.4 Å². The lowest BCUT2D eigenvalue weighted by Crippen LogP contribution is -2.63. The number of carbonyl (C=O) groups is 3. The van der Waals surface area contributed by atoms with Crippen molar-refractivity contribution in [2.45, 2.75) is 102 Å². The molecule has 0 aromatic rings. The van der Waals surface area contributed by atoms with Gasteiger partial charge >= 0.3 is 5.97 Å². The van der Waals surface area contributed by atoms with Crippen LogP contribution >= 0.6 is 11.8 Å². The van der Waals surface area contributed by atoms with Gasteiger partial charge in [0.1, 0.15) is 11.9 Å². The Labute approximate surface area is 242 Å². The molecule has 224 valence electrons. The Kier molecular flexibility index (Phi) is 8.03. The number of amides is 1. The monoisotopic (exact) mass is 576 g/mol. The molecular weight excluding hydrogens is 528 g/mol. The van der Waals surface area contributed by atoms with Crippen LogP contribution < -0.4 is 11.1 Å². The number of ether oxygens (including phenoxy) is 1. The number of carbonyl (C=O) groups excluding carboxylic acids is 3. The molecule has 2 bridgehead atoms. The SMILES string of the molecule is C=C[C@]1(C)C[C@@H](OC(=O)CS[C@H]2C[C@@H]3[C@@H](C[C@@H]3NC(=O)CN)[C@@H]2O)[C@]2(C)C(C)CCC3(CCC(=O)[C@H]32)[C@@H](C)C1O. The zero-order valence-electron chi connectivity index (χ0n) is 24.4. The van der Waals surface area contributed by atoms with Gasteiger partial charge < -0.3 is 26.0 Å². The normalized spacial score (nSPS) is 49.6. The summed E-state index contributed by atoms with van der Waals surface area (Å²) in [5.74, 6) is 0.0126. The van der Waals surface area contributed by atoms with Gasteiger partial charge in [0.2, 0.25) is 5.91 Å². The van der Waals surface area contributed by atoms with Crippen LogP contribution in [0.15, 0.2) is 12.7 Å². The van der Waals surface area contributed by atoms with Gasteiger partial charge in [-0.05, 0) is 67.6 Å². The van der Waals surface area contributed by atoms with Crippen LogP contribution in [0.5, 0.6) is 0 Å². The predicted molar refractivity (Wildman–Crippen MR) is 154 cm³/mol. The van der Waals surface area contributed by atoms with E-state index in [1.165, 1.54) is 11.8 Å². The zero-order valence-corrected chi connectivity index (χ0v) is 25.3. The number of aliphatic hydroxyl groups is 2. The minimum Gasteiger partial charge on any atom is -0.461 e. The summed E-state index contributed by atoms with van der Waals surface area (Å²) in [7, 11) is 0. The van der Waals surface area contributed by atoms with E-state index in [0.29, 0.717) is 12.8 Å². The lowest BCUT2D eigenvalue weighted by Gasteiger charge is -2.61. The number of Topliss-reactive ketones (excluding diaryl/α,β-unsaturated/α-hetero) is 1. The summed E-state index contributed by atoms with van der Waals surface area (Å²) in [6.45, 7) is 12.5. The number of fused-ring (bicyclic) bond motifs is 1. The molecule has 0 heterocycles. The van der Waals surface area contributed by atoms with Crippen LogP contribution in [0.1, 0.15) is 72.6 Å². The second-order valence-electron chi connectivity index (χ2n) is 14.1. The molecule has 1 amide bonds. The molecule has 5 aliphatic carbocycles. The average molecular weight is 577 g/mol. The Bertz CT molecular complexity index is 1050. The molecule has 5 N–H and O–H groups in total. The van der Waals surface area contributed by atoms with Crippen LogP contribution in [0.2, 0.25) is 0 Å². The highest BCUT2D eigenvalue weighted by molar-refractivity contribution is 8.00. The van der Waals surface area contributed by atoms with Crippen molar-refractivity contribution in [2.24, 2.45) is 51.6 Å². The molecule has 40 heavy (non-hydrogen) atoms. The second-order valence-corrected chi connectivity index (χ2v) is 15.3. The first-order valence-electron chi connectivity index (χ1n) is 15.1.